The number of hydrogen-bond acceptors (Lipinski definition) is 3. The predicted octanol–water partition coefficient (Wildman–Crippen LogP) is 5.00. The standard InChI is InChI=1S/C24H21F4N5O/c1-13-22-16(23(31(2)30-22)14-10-18(26)21(28)19(27)11-14)6-9-32(13)24(34)17-12-15(25)4-5-20(17)33-8-3-7-29-33/h3-5,7-8,10,12-14H,6,9,11H2,1-2H3/t13-,14?/m0/s1. The molecule has 3 heterocycles. The highest BCUT2D eigenvalue weighted by Crippen LogP contribution is 2.41. The molecule has 0 saturated carbocycles. The lowest BCUT2D eigenvalue weighted by Crippen LogP contribution is -2.39. The van der Waals surface area contributed by atoms with Crippen LogP contribution >= 0.6 is 0 Å². The number of aryl methyl sites for hydroxylation is 1. The normalized spacial score (nSPS) is 20.4. The number of halogens is 4. The van der Waals surface area contributed by atoms with Gasteiger partial charge in [-0.15, -0.1) is 0 Å². The van der Waals surface area contributed by atoms with E-state index in [1.165, 1.54) is 27.6 Å². The Morgan fingerprint density at radius 2 is 1.97 bits per heavy atom. The van der Waals surface area contributed by atoms with Crippen LogP contribution < -0.4 is 0 Å². The second-order valence-electron chi connectivity index (χ2n) is 8.45. The summed E-state index contributed by atoms with van der Waals surface area (Å²) < 4.78 is 58.5. The van der Waals surface area contributed by atoms with Crippen molar-refractivity contribution in [2.75, 3.05) is 6.54 Å². The van der Waals surface area contributed by atoms with Gasteiger partial charge in [-0.05, 0) is 43.7 Å². The monoisotopic (exact) mass is 471 g/mol. The van der Waals surface area contributed by atoms with Crippen molar-refractivity contribution in [1.29, 1.82) is 0 Å². The molecule has 1 aliphatic carbocycles. The van der Waals surface area contributed by atoms with E-state index in [4.69, 9.17) is 0 Å². The number of benzene rings is 1. The molecule has 6 nitrogen and oxygen atoms in total. The quantitative estimate of drug-likeness (QED) is 0.506. The SMILES string of the molecule is C[C@H]1c2nn(C)c(C3C=C(F)C(F)=C(F)C3)c2CCN1C(=O)c1cc(F)ccc1-n1cccn1. The molecule has 176 valence electrons. The molecule has 0 fully saturated rings. The number of carbonyl (C=O) groups is 1. The van der Waals surface area contributed by atoms with Crippen molar-refractivity contribution < 1.29 is 22.4 Å². The van der Waals surface area contributed by atoms with Crippen LogP contribution in [-0.4, -0.2) is 36.9 Å². The van der Waals surface area contributed by atoms with Gasteiger partial charge in [0.25, 0.3) is 5.91 Å². The summed E-state index contributed by atoms with van der Waals surface area (Å²) in [7, 11) is 1.66. The largest absolute Gasteiger partial charge is 0.330 e. The van der Waals surface area contributed by atoms with Crippen molar-refractivity contribution in [2.24, 2.45) is 7.05 Å². The van der Waals surface area contributed by atoms with E-state index >= 15 is 0 Å². The molecule has 0 N–H and O–H groups in total. The van der Waals surface area contributed by atoms with E-state index in [1.807, 2.05) is 0 Å². The van der Waals surface area contributed by atoms with Crippen LogP contribution in [0.3, 0.4) is 0 Å². The van der Waals surface area contributed by atoms with Crippen LogP contribution in [0.2, 0.25) is 0 Å². The fourth-order valence-corrected chi connectivity index (χ4v) is 4.85. The first kappa shape index (κ1) is 22.1. The Balaban J connectivity index is 1.49. The molecule has 2 aromatic heterocycles. The number of rotatable bonds is 3. The maximum atomic E-state index is 14.1. The smallest absolute Gasteiger partial charge is 0.256 e. The summed E-state index contributed by atoms with van der Waals surface area (Å²) >= 11 is 0. The van der Waals surface area contributed by atoms with Gasteiger partial charge in [0, 0.05) is 49.6 Å². The Morgan fingerprint density at radius 1 is 1.18 bits per heavy atom. The maximum absolute atomic E-state index is 14.1. The summed E-state index contributed by atoms with van der Waals surface area (Å²) in [6.07, 6.45) is 4.40. The molecule has 34 heavy (non-hydrogen) atoms. The van der Waals surface area contributed by atoms with Crippen molar-refractivity contribution in [1.82, 2.24) is 24.5 Å². The Morgan fingerprint density at radius 3 is 2.68 bits per heavy atom. The lowest BCUT2D eigenvalue weighted by molar-refractivity contribution is 0.0672. The van der Waals surface area contributed by atoms with Gasteiger partial charge in [0.2, 0.25) is 0 Å². The second-order valence-corrected chi connectivity index (χ2v) is 8.45. The van der Waals surface area contributed by atoms with Crippen LogP contribution in [0, 0.1) is 5.82 Å². The van der Waals surface area contributed by atoms with Crippen molar-refractivity contribution >= 4 is 5.91 Å². The second kappa shape index (κ2) is 8.27. The van der Waals surface area contributed by atoms with Crippen LogP contribution in [-0.2, 0) is 13.5 Å². The molecule has 0 bridgehead atoms. The Labute approximate surface area is 192 Å². The van der Waals surface area contributed by atoms with Gasteiger partial charge in [0.05, 0.1) is 23.0 Å². The average Bonchev–Trinajstić information content (AvgIpc) is 3.45. The highest BCUT2D eigenvalue weighted by molar-refractivity contribution is 5.98. The van der Waals surface area contributed by atoms with Gasteiger partial charge in [0.1, 0.15) is 11.6 Å². The fraction of sp³-hybridized carbons (Fsp3) is 0.292. The molecule has 2 atom stereocenters. The van der Waals surface area contributed by atoms with Crippen molar-refractivity contribution in [3.8, 4) is 5.69 Å². The molecule has 1 unspecified atom stereocenters. The van der Waals surface area contributed by atoms with Gasteiger partial charge in [-0.1, -0.05) is 0 Å². The third kappa shape index (κ3) is 3.53. The van der Waals surface area contributed by atoms with Crippen LogP contribution in [0.5, 0.6) is 0 Å². The van der Waals surface area contributed by atoms with Crippen molar-refractivity contribution in [2.45, 2.75) is 31.7 Å². The van der Waals surface area contributed by atoms with Crippen molar-refractivity contribution in [3.63, 3.8) is 0 Å². The number of carbonyl (C=O) groups excluding carboxylic acids is 1. The lowest BCUT2D eigenvalue weighted by atomic mass is 9.88. The maximum Gasteiger partial charge on any atom is 0.256 e. The van der Waals surface area contributed by atoms with Gasteiger partial charge in [-0.25, -0.2) is 22.2 Å². The molecule has 3 aromatic rings. The van der Waals surface area contributed by atoms with Crippen LogP contribution in [0.25, 0.3) is 5.69 Å². The minimum Gasteiger partial charge on any atom is -0.330 e. The van der Waals surface area contributed by atoms with E-state index in [9.17, 15) is 22.4 Å². The third-order valence-electron chi connectivity index (χ3n) is 6.44. The minimum absolute atomic E-state index is 0.162. The Bertz CT molecular complexity index is 1340. The molecule has 1 aliphatic heterocycles. The summed E-state index contributed by atoms with van der Waals surface area (Å²) in [6, 6.07) is 5.18. The zero-order chi connectivity index (χ0) is 24.1. The molecule has 0 spiro atoms. The zero-order valence-corrected chi connectivity index (χ0v) is 18.5. The Hall–Kier alpha value is -3.69. The molecular weight excluding hydrogens is 450 g/mol. The number of nitrogens with zero attached hydrogens (tertiary/aromatic N) is 5. The minimum atomic E-state index is -1.46. The van der Waals surface area contributed by atoms with E-state index in [2.05, 4.69) is 10.2 Å². The average molecular weight is 471 g/mol. The number of aromatic nitrogens is 4. The number of hydrogen-bond donors (Lipinski definition) is 0. The summed E-state index contributed by atoms with van der Waals surface area (Å²) in [5, 5.41) is 8.69. The third-order valence-corrected chi connectivity index (χ3v) is 6.44. The van der Waals surface area contributed by atoms with E-state index < -0.39 is 35.3 Å². The molecule has 0 radical (unpaired) electrons. The molecule has 10 heteroatoms. The van der Waals surface area contributed by atoms with Gasteiger partial charge in [0.15, 0.2) is 11.7 Å². The fourth-order valence-electron chi connectivity index (χ4n) is 4.85. The number of fused-ring (bicyclic) bond motifs is 1. The van der Waals surface area contributed by atoms with Crippen LogP contribution in [0.1, 0.15) is 52.6 Å². The van der Waals surface area contributed by atoms with E-state index in [1.54, 1.807) is 37.3 Å². The molecule has 1 aromatic carbocycles. The molecular formula is C24H21F4N5O. The van der Waals surface area contributed by atoms with E-state index in [0.717, 1.165) is 11.6 Å². The van der Waals surface area contributed by atoms with Gasteiger partial charge >= 0.3 is 0 Å². The van der Waals surface area contributed by atoms with E-state index in [0.29, 0.717) is 30.0 Å². The van der Waals surface area contributed by atoms with Crippen molar-refractivity contribution in [3.05, 3.63) is 88.5 Å². The predicted molar refractivity (Wildman–Crippen MR) is 116 cm³/mol. The number of allylic oxidation sites excluding steroid dienone is 4. The number of amides is 1. The van der Waals surface area contributed by atoms with E-state index in [-0.39, 0.29) is 17.9 Å². The van der Waals surface area contributed by atoms with Gasteiger partial charge in [-0.3, -0.25) is 9.48 Å². The zero-order valence-electron chi connectivity index (χ0n) is 18.5. The van der Waals surface area contributed by atoms with Gasteiger partial charge in [-0.2, -0.15) is 10.2 Å². The molecule has 1 amide bonds. The van der Waals surface area contributed by atoms with Crippen LogP contribution in [0.4, 0.5) is 17.6 Å². The summed E-state index contributed by atoms with van der Waals surface area (Å²) in [5.41, 5.74) is 2.58. The highest BCUT2D eigenvalue weighted by Gasteiger charge is 2.37. The molecule has 0 saturated heterocycles. The first-order valence-electron chi connectivity index (χ1n) is 10.8. The Kier molecular flexibility index (Phi) is 5.38. The first-order chi connectivity index (χ1) is 16.3. The topological polar surface area (TPSA) is 56.0 Å². The van der Waals surface area contributed by atoms with Gasteiger partial charge < -0.3 is 4.90 Å². The lowest BCUT2D eigenvalue weighted by Gasteiger charge is -2.34. The summed E-state index contributed by atoms with van der Waals surface area (Å²) in [6.45, 7) is 2.10. The van der Waals surface area contributed by atoms with Crippen LogP contribution in [0.15, 0.2) is 60.2 Å². The molecule has 2 aliphatic rings. The highest BCUT2D eigenvalue weighted by atomic mass is 19.2. The summed E-state index contributed by atoms with van der Waals surface area (Å²) in [4.78, 5) is 15.1. The summed E-state index contributed by atoms with van der Waals surface area (Å²) in [5.74, 6) is -5.43. The first-order valence-corrected chi connectivity index (χ1v) is 10.8. The molecule has 5 rings (SSSR count).